The molecule has 2 heterocycles. The zero-order chi connectivity index (χ0) is 15.7. The van der Waals surface area contributed by atoms with Crippen LogP contribution in [0.15, 0.2) is 30.3 Å². The zero-order valence-electron chi connectivity index (χ0n) is 12.9. The lowest BCUT2D eigenvalue weighted by Gasteiger charge is -2.20. The van der Waals surface area contributed by atoms with Gasteiger partial charge in [0.05, 0.1) is 11.4 Å². The molecular formula is C16H21N5O. The highest BCUT2D eigenvalue weighted by Gasteiger charge is 2.34. The van der Waals surface area contributed by atoms with E-state index >= 15 is 0 Å². The Hall–Kier alpha value is -2.21. The third kappa shape index (κ3) is 2.50. The predicted octanol–water partition coefficient (Wildman–Crippen LogP) is 1.39. The molecule has 0 radical (unpaired) electrons. The summed E-state index contributed by atoms with van der Waals surface area (Å²) < 4.78 is 1.70. The van der Waals surface area contributed by atoms with Crippen molar-refractivity contribution in [3.63, 3.8) is 0 Å². The van der Waals surface area contributed by atoms with Crippen LogP contribution >= 0.6 is 0 Å². The van der Waals surface area contributed by atoms with E-state index in [1.54, 1.807) is 4.68 Å². The Morgan fingerprint density at radius 2 is 2.09 bits per heavy atom. The molecule has 0 spiro atoms. The van der Waals surface area contributed by atoms with Gasteiger partial charge in [-0.3, -0.25) is 4.79 Å². The lowest BCUT2D eigenvalue weighted by Crippen LogP contribution is -2.35. The number of hydrogen-bond acceptors (Lipinski definition) is 4. The van der Waals surface area contributed by atoms with Gasteiger partial charge in [0.1, 0.15) is 0 Å². The van der Waals surface area contributed by atoms with Crippen molar-refractivity contribution >= 4 is 5.91 Å². The Kier molecular flexibility index (Phi) is 3.94. The van der Waals surface area contributed by atoms with Gasteiger partial charge in [0, 0.05) is 12.6 Å². The molecule has 2 atom stereocenters. The van der Waals surface area contributed by atoms with Crippen LogP contribution in [-0.4, -0.2) is 44.9 Å². The monoisotopic (exact) mass is 299 g/mol. The molecule has 0 aliphatic carbocycles. The van der Waals surface area contributed by atoms with E-state index in [0.717, 1.165) is 17.8 Å². The Bertz CT molecular complexity index is 666. The molecule has 3 rings (SSSR count). The molecule has 0 saturated carbocycles. The first-order valence-corrected chi connectivity index (χ1v) is 7.60. The van der Waals surface area contributed by atoms with Crippen LogP contribution in [0, 0.1) is 12.8 Å². The standard InChI is InChI=1S/C16H21N5O/c1-11-8-13(9-17)10-20(11)16(22)15-12(2)21(19-18-15)14-6-4-3-5-7-14/h3-7,11,13H,8-10,17H2,1-2H3. The first kappa shape index (κ1) is 14.7. The number of carbonyl (C=O) groups excluding carboxylic acids is 1. The Labute approximate surface area is 129 Å². The van der Waals surface area contributed by atoms with Crippen molar-refractivity contribution in [2.75, 3.05) is 13.1 Å². The molecule has 0 bridgehead atoms. The number of likely N-dealkylation sites (tertiary alicyclic amines) is 1. The summed E-state index contributed by atoms with van der Waals surface area (Å²) >= 11 is 0. The van der Waals surface area contributed by atoms with Crippen molar-refractivity contribution in [2.24, 2.45) is 11.7 Å². The largest absolute Gasteiger partial charge is 0.334 e. The minimum Gasteiger partial charge on any atom is -0.334 e. The third-order valence-electron chi connectivity index (χ3n) is 4.35. The average molecular weight is 299 g/mol. The molecule has 2 unspecified atom stereocenters. The minimum absolute atomic E-state index is 0.0527. The maximum atomic E-state index is 12.8. The molecule has 1 aromatic heterocycles. The van der Waals surface area contributed by atoms with E-state index in [-0.39, 0.29) is 11.9 Å². The van der Waals surface area contributed by atoms with Gasteiger partial charge in [-0.2, -0.15) is 0 Å². The van der Waals surface area contributed by atoms with E-state index in [4.69, 9.17) is 5.73 Å². The molecule has 1 aliphatic heterocycles. The topological polar surface area (TPSA) is 77.0 Å². The maximum absolute atomic E-state index is 12.8. The van der Waals surface area contributed by atoms with Crippen LogP contribution in [0.5, 0.6) is 0 Å². The number of aromatic nitrogens is 3. The highest BCUT2D eigenvalue weighted by molar-refractivity contribution is 5.93. The van der Waals surface area contributed by atoms with Gasteiger partial charge in [0.2, 0.25) is 0 Å². The lowest BCUT2D eigenvalue weighted by molar-refractivity contribution is 0.0736. The van der Waals surface area contributed by atoms with Gasteiger partial charge in [-0.1, -0.05) is 23.4 Å². The van der Waals surface area contributed by atoms with Crippen LogP contribution in [0.3, 0.4) is 0 Å². The number of carbonyl (C=O) groups is 1. The van der Waals surface area contributed by atoms with Crippen molar-refractivity contribution in [1.82, 2.24) is 19.9 Å². The molecule has 116 valence electrons. The summed E-state index contributed by atoms with van der Waals surface area (Å²) in [6.07, 6.45) is 0.952. The van der Waals surface area contributed by atoms with Crippen LogP contribution in [0.1, 0.15) is 29.5 Å². The molecule has 6 nitrogen and oxygen atoms in total. The summed E-state index contributed by atoms with van der Waals surface area (Å²) in [5.74, 6) is 0.326. The van der Waals surface area contributed by atoms with Crippen molar-refractivity contribution in [2.45, 2.75) is 26.3 Å². The summed E-state index contributed by atoms with van der Waals surface area (Å²) in [5.41, 5.74) is 7.83. The quantitative estimate of drug-likeness (QED) is 0.929. The second-order valence-corrected chi connectivity index (χ2v) is 5.91. The number of nitrogens with zero attached hydrogens (tertiary/aromatic N) is 4. The number of benzene rings is 1. The van der Waals surface area contributed by atoms with Crippen LogP contribution in [0.25, 0.3) is 5.69 Å². The number of hydrogen-bond donors (Lipinski definition) is 1. The Morgan fingerprint density at radius 1 is 1.36 bits per heavy atom. The second kappa shape index (κ2) is 5.88. The molecule has 1 fully saturated rings. The summed E-state index contributed by atoms with van der Waals surface area (Å²) in [4.78, 5) is 14.6. The summed E-state index contributed by atoms with van der Waals surface area (Å²) in [5, 5.41) is 8.25. The third-order valence-corrected chi connectivity index (χ3v) is 4.35. The van der Waals surface area contributed by atoms with Gasteiger partial charge in [-0.05, 0) is 44.9 Å². The van der Waals surface area contributed by atoms with Crippen molar-refractivity contribution in [1.29, 1.82) is 0 Å². The minimum atomic E-state index is -0.0527. The highest BCUT2D eigenvalue weighted by atomic mass is 16.2. The molecule has 6 heteroatoms. The van der Waals surface area contributed by atoms with Crippen molar-refractivity contribution < 1.29 is 4.79 Å². The Balaban J connectivity index is 1.87. The molecule has 2 N–H and O–H groups in total. The number of para-hydroxylation sites is 1. The van der Waals surface area contributed by atoms with Gasteiger partial charge < -0.3 is 10.6 Å². The van der Waals surface area contributed by atoms with E-state index in [2.05, 4.69) is 17.2 Å². The van der Waals surface area contributed by atoms with Crippen LogP contribution < -0.4 is 5.73 Å². The summed E-state index contributed by atoms with van der Waals surface area (Å²) in [7, 11) is 0. The average Bonchev–Trinajstić information content (AvgIpc) is 3.10. The fraction of sp³-hybridized carbons (Fsp3) is 0.438. The van der Waals surface area contributed by atoms with E-state index in [1.807, 2.05) is 42.2 Å². The Morgan fingerprint density at radius 3 is 2.73 bits per heavy atom. The van der Waals surface area contributed by atoms with Crippen LogP contribution in [0.2, 0.25) is 0 Å². The molecule has 1 saturated heterocycles. The molecule has 1 amide bonds. The SMILES string of the molecule is Cc1c(C(=O)N2CC(CN)CC2C)nnn1-c1ccccc1. The summed E-state index contributed by atoms with van der Waals surface area (Å²) in [6.45, 7) is 5.25. The lowest BCUT2D eigenvalue weighted by atomic mass is 10.1. The normalized spacial score (nSPS) is 21.3. The van der Waals surface area contributed by atoms with Gasteiger partial charge in [0.15, 0.2) is 5.69 Å². The smallest absolute Gasteiger partial charge is 0.276 e. The fourth-order valence-corrected chi connectivity index (χ4v) is 3.07. The molecular weight excluding hydrogens is 278 g/mol. The van der Waals surface area contributed by atoms with Gasteiger partial charge in [0.25, 0.3) is 5.91 Å². The predicted molar refractivity (Wildman–Crippen MR) is 83.8 cm³/mol. The van der Waals surface area contributed by atoms with E-state index in [1.165, 1.54) is 0 Å². The highest BCUT2D eigenvalue weighted by Crippen LogP contribution is 2.24. The first-order chi connectivity index (χ1) is 10.6. The summed E-state index contributed by atoms with van der Waals surface area (Å²) in [6, 6.07) is 9.90. The molecule has 1 aliphatic rings. The van der Waals surface area contributed by atoms with Gasteiger partial charge in [-0.25, -0.2) is 4.68 Å². The van der Waals surface area contributed by atoms with Gasteiger partial charge >= 0.3 is 0 Å². The van der Waals surface area contributed by atoms with Crippen LogP contribution in [-0.2, 0) is 0 Å². The van der Waals surface area contributed by atoms with Gasteiger partial charge in [-0.15, -0.1) is 5.10 Å². The number of rotatable bonds is 3. The maximum Gasteiger partial charge on any atom is 0.276 e. The van der Waals surface area contributed by atoms with E-state index in [9.17, 15) is 4.79 Å². The number of nitrogens with two attached hydrogens (primary N) is 1. The fourth-order valence-electron chi connectivity index (χ4n) is 3.07. The zero-order valence-corrected chi connectivity index (χ0v) is 12.9. The first-order valence-electron chi connectivity index (χ1n) is 7.60. The van der Waals surface area contributed by atoms with Crippen molar-refractivity contribution in [3.8, 4) is 5.69 Å². The molecule has 22 heavy (non-hydrogen) atoms. The second-order valence-electron chi connectivity index (χ2n) is 5.91. The molecule has 1 aromatic carbocycles. The van der Waals surface area contributed by atoms with Crippen LogP contribution in [0.4, 0.5) is 0 Å². The van der Waals surface area contributed by atoms with Crippen molar-refractivity contribution in [3.05, 3.63) is 41.7 Å². The van der Waals surface area contributed by atoms with E-state index < -0.39 is 0 Å². The molecule has 2 aromatic rings. The number of amides is 1. The van der Waals surface area contributed by atoms with E-state index in [0.29, 0.717) is 24.7 Å².